The van der Waals surface area contributed by atoms with Crippen LogP contribution in [0.25, 0.3) is 0 Å². The summed E-state index contributed by atoms with van der Waals surface area (Å²) < 4.78 is 0. The van der Waals surface area contributed by atoms with Crippen LogP contribution in [0.3, 0.4) is 0 Å². The lowest BCUT2D eigenvalue weighted by atomic mass is 10.0. The molecule has 3 rings (SSSR count). The van der Waals surface area contributed by atoms with Gasteiger partial charge in [0.1, 0.15) is 6.04 Å². The fourth-order valence-electron chi connectivity index (χ4n) is 3.92. The molecule has 0 aliphatic rings. The first-order valence-electron chi connectivity index (χ1n) is 12.0. The van der Waals surface area contributed by atoms with Crippen LogP contribution in [-0.2, 0) is 29.0 Å². The van der Waals surface area contributed by atoms with Crippen LogP contribution >= 0.6 is 11.6 Å². The van der Waals surface area contributed by atoms with Gasteiger partial charge in [0.05, 0.1) is 6.42 Å². The second-order valence-electron chi connectivity index (χ2n) is 8.51. The van der Waals surface area contributed by atoms with Gasteiger partial charge < -0.3 is 10.2 Å². The van der Waals surface area contributed by atoms with E-state index in [-0.39, 0.29) is 18.2 Å². The third-order valence-corrected chi connectivity index (χ3v) is 6.07. The molecule has 3 aromatic rings. The molecule has 0 aliphatic carbocycles. The zero-order valence-corrected chi connectivity index (χ0v) is 20.5. The molecule has 34 heavy (non-hydrogen) atoms. The Kier molecular flexibility index (Phi) is 10.2. The number of hydrogen-bond acceptors (Lipinski definition) is 2. The molecule has 2 amide bonds. The van der Waals surface area contributed by atoms with Gasteiger partial charge in [0, 0.05) is 24.5 Å². The van der Waals surface area contributed by atoms with Crippen LogP contribution in [0.2, 0.25) is 5.02 Å². The van der Waals surface area contributed by atoms with Gasteiger partial charge in [0.2, 0.25) is 11.8 Å². The van der Waals surface area contributed by atoms with Crippen molar-refractivity contribution in [3.05, 3.63) is 107 Å². The van der Waals surface area contributed by atoms with Crippen LogP contribution in [-0.4, -0.2) is 29.3 Å². The Bertz CT molecular complexity index is 1020. The van der Waals surface area contributed by atoms with E-state index in [0.29, 0.717) is 24.5 Å². The summed E-state index contributed by atoms with van der Waals surface area (Å²) in [4.78, 5) is 28.8. The Morgan fingerprint density at radius 1 is 0.824 bits per heavy atom. The number of benzene rings is 3. The first kappa shape index (κ1) is 25.5. The second kappa shape index (κ2) is 13.6. The number of carbonyl (C=O) groups excluding carboxylic acids is 2. The maximum Gasteiger partial charge on any atom is 0.243 e. The molecule has 0 fully saturated rings. The number of halogens is 1. The van der Waals surface area contributed by atoms with Crippen molar-refractivity contribution in [3.63, 3.8) is 0 Å². The number of carbonyl (C=O) groups is 2. The van der Waals surface area contributed by atoms with E-state index in [2.05, 4.69) is 12.2 Å². The number of nitrogens with zero attached hydrogens (tertiary/aromatic N) is 1. The van der Waals surface area contributed by atoms with Gasteiger partial charge >= 0.3 is 0 Å². The van der Waals surface area contributed by atoms with E-state index >= 15 is 0 Å². The van der Waals surface area contributed by atoms with E-state index in [1.807, 2.05) is 84.9 Å². The van der Waals surface area contributed by atoms with Crippen LogP contribution in [0.5, 0.6) is 0 Å². The molecule has 178 valence electrons. The molecule has 0 heterocycles. The van der Waals surface area contributed by atoms with Crippen molar-refractivity contribution >= 4 is 23.4 Å². The highest BCUT2D eigenvalue weighted by Crippen LogP contribution is 2.18. The third kappa shape index (κ3) is 8.03. The average Bonchev–Trinajstić information content (AvgIpc) is 2.86. The number of hydrogen-bond donors (Lipinski definition) is 1. The highest BCUT2D eigenvalue weighted by atomic mass is 35.5. The minimum atomic E-state index is -0.615. The standard InChI is InChI=1S/C29H33ClN2O2/c1-2-3-10-19-31-29(34)27(20-23-11-6-4-7-12-23)32(22-25-15-17-26(30)18-16-25)28(33)21-24-13-8-5-9-14-24/h4-9,11-18,27H,2-3,10,19-22H2,1H3,(H,31,34)/t27-/m1/s1. The van der Waals surface area contributed by atoms with Crippen molar-refractivity contribution < 1.29 is 9.59 Å². The normalized spacial score (nSPS) is 11.6. The predicted molar refractivity (Wildman–Crippen MR) is 139 cm³/mol. The average molecular weight is 477 g/mol. The maximum absolute atomic E-state index is 13.6. The van der Waals surface area contributed by atoms with Crippen molar-refractivity contribution in [2.75, 3.05) is 6.54 Å². The highest BCUT2D eigenvalue weighted by Gasteiger charge is 2.30. The summed E-state index contributed by atoms with van der Waals surface area (Å²) in [7, 11) is 0. The van der Waals surface area contributed by atoms with E-state index in [4.69, 9.17) is 11.6 Å². The van der Waals surface area contributed by atoms with Gasteiger partial charge in [-0.05, 0) is 35.2 Å². The lowest BCUT2D eigenvalue weighted by Crippen LogP contribution is -2.51. The molecule has 0 aromatic heterocycles. The molecule has 0 aliphatic heterocycles. The fourth-order valence-corrected chi connectivity index (χ4v) is 4.04. The van der Waals surface area contributed by atoms with Gasteiger partial charge in [-0.3, -0.25) is 9.59 Å². The lowest BCUT2D eigenvalue weighted by Gasteiger charge is -2.32. The highest BCUT2D eigenvalue weighted by molar-refractivity contribution is 6.30. The lowest BCUT2D eigenvalue weighted by molar-refractivity contribution is -0.140. The zero-order chi connectivity index (χ0) is 24.2. The van der Waals surface area contributed by atoms with Crippen molar-refractivity contribution in [2.24, 2.45) is 0 Å². The van der Waals surface area contributed by atoms with Gasteiger partial charge in [0.25, 0.3) is 0 Å². The van der Waals surface area contributed by atoms with E-state index in [1.165, 1.54) is 0 Å². The summed E-state index contributed by atoms with van der Waals surface area (Å²) in [6, 6.07) is 26.4. The summed E-state index contributed by atoms with van der Waals surface area (Å²) in [6.45, 7) is 3.08. The van der Waals surface area contributed by atoms with Crippen LogP contribution in [0.1, 0.15) is 42.9 Å². The van der Waals surface area contributed by atoms with Gasteiger partial charge in [-0.1, -0.05) is 104 Å². The third-order valence-electron chi connectivity index (χ3n) is 5.82. The maximum atomic E-state index is 13.6. The van der Waals surface area contributed by atoms with E-state index < -0.39 is 6.04 Å². The van der Waals surface area contributed by atoms with E-state index in [0.717, 1.165) is 36.0 Å². The number of unbranched alkanes of at least 4 members (excludes halogenated alkanes) is 2. The van der Waals surface area contributed by atoms with Gasteiger partial charge in [-0.15, -0.1) is 0 Å². The second-order valence-corrected chi connectivity index (χ2v) is 8.95. The SMILES string of the molecule is CCCCCNC(=O)[C@@H](Cc1ccccc1)N(Cc1ccc(Cl)cc1)C(=O)Cc1ccccc1. The quantitative estimate of drug-likeness (QED) is 0.334. The summed E-state index contributed by atoms with van der Waals surface area (Å²) in [5, 5.41) is 3.72. The molecule has 1 atom stereocenters. The minimum absolute atomic E-state index is 0.0780. The predicted octanol–water partition coefficient (Wildman–Crippen LogP) is 5.83. The van der Waals surface area contributed by atoms with E-state index in [9.17, 15) is 9.59 Å². The fraction of sp³-hybridized carbons (Fsp3) is 0.310. The van der Waals surface area contributed by atoms with Gasteiger partial charge in [0.15, 0.2) is 0 Å². The van der Waals surface area contributed by atoms with Crippen LogP contribution in [0.4, 0.5) is 0 Å². The molecule has 4 nitrogen and oxygen atoms in total. The van der Waals surface area contributed by atoms with E-state index in [1.54, 1.807) is 4.90 Å². The Labute approximate surface area is 207 Å². The van der Waals surface area contributed by atoms with Crippen LogP contribution < -0.4 is 5.32 Å². The van der Waals surface area contributed by atoms with Gasteiger partial charge in [-0.2, -0.15) is 0 Å². The minimum Gasteiger partial charge on any atom is -0.354 e. The molecule has 0 spiro atoms. The molecular weight excluding hydrogens is 444 g/mol. The summed E-state index contributed by atoms with van der Waals surface area (Å²) in [5.41, 5.74) is 2.88. The smallest absolute Gasteiger partial charge is 0.243 e. The molecule has 0 saturated heterocycles. The zero-order valence-electron chi connectivity index (χ0n) is 19.8. The Hall–Kier alpha value is -3.11. The summed E-state index contributed by atoms with van der Waals surface area (Å²) in [5.74, 6) is -0.193. The Balaban J connectivity index is 1.89. The molecule has 1 N–H and O–H groups in total. The summed E-state index contributed by atoms with van der Waals surface area (Å²) >= 11 is 6.08. The van der Waals surface area contributed by atoms with Crippen molar-refractivity contribution in [2.45, 2.75) is 51.6 Å². The van der Waals surface area contributed by atoms with Crippen molar-refractivity contribution in [1.29, 1.82) is 0 Å². The van der Waals surface area contributed by atoms with Crippen LogP contribution in [0, 0.1) is 0 Å². The summed E-state index contributed by atoms with van der Waals surface area (Å²) in [6.07, 6.45) is 3.76. The van der Waals surface area contributed by atoms with Crippen molar-refractivity contribution in [1.82, 2.24) is 10.2 Å². The number of amides is 2. The van der Waals surface area contributed by atoms with Crippen molar-refractivity contribution in [3.8, 4) is 0 Å². The Morgan fingerprint density at radius 2 is 1.44 bits per heavy atom. The molecular formula is C29H33ClN2O2. The topological polar surface area (TPSA) is 49.4 Å². The first-order chi connectivity index (χ1) is 16.6. The molecule has 5 heteroatoms. The molecule has 0 saturated carbocycles. The number of nitrogens with one attached hydrogen (secondary N) is 1. The number of rotatable bonds is 12. The van der Waals surface area contributed by atoms with Gasteiger partial charge in [-0.25, -0.2) is 0 Å². The van der Waals surface area contributed by atoms with Crippen LogP contribution in [0.15, 0.2) is 84.9 Å². The molecule has 0 bridgehead atoms. The molecule has 3 aromatic carbocycles. The molecule has 0 unspecified atom stereocenters. The molecule has 0 radical (unpaired) electrons. The first-order valence-corrected chi connectivity index (χ1v) is 12.3. The monoisotopic (exact) mass is 476 g/mol. The largest absolute Gasteiger partial charge is 0.354 e. The Morgan fingerprint density at radius 3 is 2.06 bits per heavy atom.